The van der Waals surface area contributed by atoms with E-state index in [4.69, 9.17) is 0 Å². The van der Waals surface area contributed by atoms with Gasteiger partial charge in [-0.3, -0.25) is 9.69 Å². The Hall–Kier alpha value is -2.08. The number of likely N-dealkylation sites (tertiary alicyclic amines) is 1. The minimum atomic E-state index is -0.588. The predicted octanol–water partition coefficient (Wildman–Crippen LogP) is 3.02. The summed E-state index contributed by atoms with van der Waals surface area (Å²) in [6.07, 6.45) is 2.37. The number of benzene rings is 1. The van der Waals surface area contributed by atoms with Crippen molar-refractivity contribution < 1.29 is 14.3 Å². The molecule has 1 aromatic carbocycles. The summed E-state index contributed by atoms with van der Waals surface area (Å²) in [5.74, 6) is 0.120. The van der Waals surface area contributed by atoms with Gasteiger partial charge in [-0.15, -0.1) is 0 Å². The third-order valence-electron chi connectivity index (χ3n) is 5.01. The van der Waals surface area contributed by atoms with Crippen LogP contribution >= 0.6 is 0 Å². The van der Waals surface area contributed by atoms with Crippen molar-refractivity contribution in [1.29, 1.82) is 0 Å². The molecule has 2 rings (SSSR count). The van der Waals surface area contributed by atoms with Crippen molar-refractivity contribution in [2.24, 2.45) is 5.92 Å². The van der Waals surface area contributed by atoms with Crippen LogP contribution in [0.2, 0.25) is 0 Å². The minimum Gasteiger partial charge on any atom is -0.453 e. The molecule has 1 aromatic rings. The number of hydrogen-bond donors (Lipinski definition) is 2. The van der Waals surface area contributed by atoms with E-state index in [-0.39, 0.29) is 17.9 Å². The summed E-state index contributed by atoms with van der Waals surface area (Å²) in [6.45, 7) is 8.75. The predicted molar refractivity (Wildman–Crippen MR) is 107 cm³/mol. The summed E-state index contributed by atoms with van der Waals surface area (Å²) in [5, 5.41) is 5.71. The van der Waals surface area contributed by atoms with Gasteiger partial charge < -0.3 is 15.4 Å². The molecule has 6 heteroatoms. The number of carbonyl (C=O) groups is 2. The molecule has 0 radical (unpaired) electrons. The Morgan fingerprint density at radius 2 is 1.78 bits per heavy atom. The third-order valence-corrected chi connectivity index (χ3v) is 5.01. The van der Waals surface area contributed by atoms with Gasteiger partial charge in [-0.05, 0) is 50.8 Å². The maximum absolute atomic E-state index is 12.7. The zero-order valence-electron chi connectivity index (χ0n) is 17.0. The standard InChI is InChI=1S/C21H33N3O3/c1-15(2)13-18(23-21(26)27-4)20(25)22-14-19(24-11-5-6-12-24)17-9-7-16(3)8-10-17/h7-10,15,18-19H,5-6,11-14H2,1-4H3,(H,22,25)(H,23,26). The molecule has 0 aliphatic carbocycles. The van der Waals surface area contributed by atoms with Crippen molar-refractivity contribution in [1.82, 2.24) is 15.5 Å². The maximum Gasteiger partial charge on any atom is 0.407 e. The van der Waals surface area contributed by atoms with Crippen LogP contribution in [0.25, 0.3) is 0 Å². The Morgan fingerprint density at radius 1 is 1.15 bits per heavy atom. The molecule has 2 amide bonds. The second-order valence-electron chi connectivity index (χ2n) is 7.73. The summed E-state index contributed by atoms with van der Waals surface area (Å²) in [6, 6.07) is 8.07. The quantitative estimate of drug-likeness (QED) is 0.733. The number of rotatable bonds is 8. The van der Waals surface area contributed by atoms with Gasteiger partial charge in [0.05, 0.1) is 13.2 Å². The van der Waals surface area contributed by atoms with Gasteiger partial charge in [0.1, 0.15) is 6.04 Å². The molecule has 0 aromatic heterocycles. The van der Waals surface area contributed by atoms with Gasteiger partial charge in [0.15, 0.2) is 0 Å². The van der Waals surface area contributed by atoms with Gasteiger partial charge in [0.2, 0.25) is 5.91 Å². The Morgan fingerprint density at radius 3 is 2.33 bits per heavy atom. The molecule has 150 valence electrons. The van der Waals surface area contributed by atoms with Crippen molar-refractivity contribution in [2.45, 2.75) is 52.1 Å². The lowest BCUT2D eigenvalue weighted by atomic mass is 10.0. The largest absolute Gasteiger partial charge is 0.453 e. The monoisotopic (exact) mass is 375 g/mol. The number of ether oxygens (including phenoxy) is 1. The average Bonchev–Trinajstić information content (AvgIpc) is 3.16. The van der Waals surface area contributed by atoms with Crippen LogP contribution in [0.5, 0.6) is 0 Å². The summed E-state index contributed by atoms with van der Waals surface area (Å²) >= 11 is 0. The van der Waals surface area contributed by atoms with Gasteiger partial charge >= 0.3 is 6.09 Å². The van der Waals surface area contributed by atoms with E-state index in [9.17, 15) is 9.59 Å². The van der Waals surface area contributed by atoms with Gasteiger partial charge in [-0.25, -0.2) is 4.79 Å². The molecular weight excluding hydrogens is 342 g/mol. The lowest BCUT2D eigenvalue weighted by molar-refractivity contribution is -0.123. The lowest BCUT2D eigenvalue weighted by Crippen LogP contribution is -2.49. The highest BCUT2D eigenvalue weighted by Gasteiger charge is 2.27. The minimum absolute atomic E-state index is 0.148. The lowest BCUT2D eigenvalue weighted by Gasteiger charge is -2.29. The molecule has 1 heterocycles. The van der Waals surface area contributed by atoms with Crippen LogP contribution in [0.1, 0.15) is 50.3 Å². The van der Waals surface area contributed by atoms with Crippen LogP contribution < -0.4 is 10.6 Å². The number of aryl methyl sites for hydroxylation is 1. The zero-order valence-corrected chi connectivity index (χ0v) is 17.0. The van der Waals surface area contributed by atoms with E-state index in [0.717, 1.165) is 13.1 Å². The van der Waals surface area contributed by atoms with Crippen molar-refractivity contribution in [3.05, 3.63) is 35.4 Å². The van der Waals surface area contributed by atoms with Crippen molar-refractivity contribution >= 4 is 12.0 Å². The topological polar surface area (TPSA) is 70.7 Å². The molecule has 0 bridgehead atoms. The Balaban J connectivity index is 2.05. The summed E-state index contributed by atoms with van der Waals surface area (Å²) in [5.41, 5.74) is 2.44. The van der Waals surface area contributed by atoms with Gasteiger partial charge in [-0.1, -0.05) is 43.7 Å². The smallest absolute Gasteiger partial charge is 0.407 e. The first kappa shape index (κ1) is 21.2. The molecule has 1 fully saturated rings. The molecule has 1 aliphatic heterocycles. The molecule has 2 N–H and O–H groups in total. The number of carbonyl (C=O) groups excluding carboxylic acids is 2. The second-order valence-corrected chi connectivity index (χ2v) is 7.73. The first-order valence-corrected chi connectivity index (χ1v) is 9.83. The normalized spacial score (nSPS) is 16.8. The van der Waals surface area contributed by atoms with Crippen LogP contribution in [-0.4, -0.2) is 49.7 Å². The molecule has 6 nitrogen and oxygen atoms in total. The summed E-state index contributed by atoms with van der Waals surface area (Å²) < 4.78 is 4.66. The number of nitrogens with one attached hydrogen (secondary N) is 2. The first-order valence-electron chi connectivity index (χ1n) is 9.83. The van der Waals surface area contributed by atoms with Crippen molar-refractivity contribution in [3.63, 3.8) is 0 Å². The van der Waals surface area contributed by atoms with Crippen LogP contribution in [0.3, 0.4) is 0 Å². The zero-order chi connectivity index (χ0) is 19.8. The van der Waals surface area contributed by atoms with Crippen LogP contribution in [-0.2, 0) is 9.53 Å². The fourth-order valence-corrected chi connectivity index (χ4v) is 3.52. The molecule has 2 atom stereocenters. The molecule has 1 saturated heterocycles. The molecule has 2 unspecified atom stereocenters. The Kier molecular flexibility index (Phi) is 8.10. The van der Waals surface area contributed by atoms with E-state index in [1.807, 2.05) is 13.8 Å². The van der Waals surface area contributed by atoms with Crippen LogP contribution in [0.15, 0.2) is 24.3 Å². The van der Waals surface area contributed by atoms with E-state index < -0.39 is 12.1 Å². The van der Waals surface area contributed by atoms with E-state index in [2.05, 4.69) is 51.5 Å². The Bertz CT molecular complexity index is 610. The molecule has 0 saturated carbocycles. The highest BCUT2D eigenvalue weighted by molar-refractivity contribution is 5.85. The number of methoxy groups -OCH3 is 1. The van der Waals surface area contributed by atoms with Crippen LogP contribution in [0, 0.1) is 12.8 Å². The number of amides is 2. The molecular formula is C21H33N3O3. The molecule has 27 heavy (non-hydrogen) atoms. The fraction of sp³-hybridized carbons (Fsp3) is 0.619. The SMILES string of the molecule is COC(=O)NC(CC(C)C)C(=O)NCC(c1ccc(C)cc1)N1CCCC1. The summed E-state index contributed by atoms with van der Waals surface area (Å²) in [7, 11) is 1.31. The third kappa shape index (κ3) is 6.54. The highest BCUT2D eigenvalue weighted by atomic mass is 16.5. The maximum atomic E-state index is 12.7. The number of alkyl carbamates (subject to hydrolysis) is 1. The van der Waals surface area contributed by atoms with Crippen molar-refractivity contribution in [2.75, 3.05) is 26.7 Å². The second kappa shape index (κ2) is 10.3. The van der Waals surface area contributed by atoms with Crippen LogP contribution in [0.4, 0.5) is 4.79 Å². The van der Waals surface area contributed by atoms with Crippen molar-refractivity contribution in [3.8, 4) is 0 Å². The number of nitrogens with zero attached hydrogens (tertiary/aromatic N) is 1. The fourth-order valence-electron chi connectivity index (χ4n) is 3.52. The molecule has 0 spiro atoms. The van der Waals surface area contributed by atoms with Gasteiger partial charge in [0.25, 0.3) is 0 Å². The summed E-state index contributed by atoms with van der Waals surface area (Å²) in [4.78, 5) is 26.7. The first-order chi connectivity index (χ1) is 12.9. The number of hydrogen-bond acceptors (Lipinski definition) is 4. The Labute approximate surface area is 162 Å². The highest BCUT2D eigenvalue weighted by Crippen LogP contribution is 2.25. The molecule has 1 aliphatic rings. The van der Waals surface area contributed by atoms with E-state index >= 15 is 0 Å². The van der Waals surface area contributed by atoms with E-state index in [1.165, 1.54) is 31.1 Å². The van der Waals surface area contributed by atoms with E-state index in [0.29, 0.717) is 13.0 Å². The van der Waals surface area contributed by atoms with Gasteiger partial charge in [-0.2, -0.15) is 0 Å². The average molecular weight is 376 g/mol. The van der Waals surface area contributed by atoms with Gasteiger partial charge in [0, 0.05) is 6.54 Å². The van der Waals surface area contributed by atoms with E-state index in [1.54, 1.807) is 0 Å².